The molecule has 0 spiro atoms. The fourth-order valence-electron chi connectivity index (χ4n) is 4.35. The van der Waals surface area contributed by atoms with Crippen molar-refractivity contribution in [3.8, 4) is 11.5 Å². The fraction of sp³-hybridized carbons (Fsp3) is 0.222. The molecule has 196 valence electrons. The Hall–Kier alpha value is -3.11. The van der Waals surface area contributed by atoms with Crippen molar-refractivity contribution in [3.63, 3.8) is 0 Å². The molecule has 11 heteroatoms. The Morgan fingerprint density at radius 3 is 2.45 bits per heavy atom. The Morgan fingerprint density at radius 1 is 1.16 bits per heavy atom. The number of benzene rings is 3. The summed E-state index contributed by atoms with van der Waals surface area (Å²) >= 11 is 10.5. The predicted octanol–water partition coefficient (Wildman–Crippen LogP) is 6.73. The van der Waals surface area contributed by atoms with E-state index in [0.29, 0.717) is 46.3 Å². The summed E-state index contributed by atoms with van der Waals surface area (Å²) in [6.45, 7) is 1.64. The molecule has 1 fully saturated rings. The predicted molar refractivity (Wildman–Crippen MR) is 144 cm³/mol. The van der Waals surface area contributed by atoms with E-state index in [2.05, 4.69) is 15.5 Å². The molecule has 2 unspecified atom stereocenters. The first-order chi connectivity index (χ1) is 18.2. The number of rotatable bonds is 8. The first-order valence-corrected chi connectivity index (χ1v) is 13.7. The summed E-state index contributed by atoms with van der Waals surface area (Å²) in [5.74, 6) is -0.275. The number of halogens is 3. The van der Waals surface area contributed by atoms with Crippen LogP contribution in [0.3, 0.4) is 0 Å². The molecule has 1 aromatic heterocycles. The first-order valence-electron chi connectivity index (χ1n) is 11.7. The van der Waals surface area contributed by atoms with Crippen LogP contribution in [0.5, 0.6) is 0 Å². The lowest BCUT2D eigenvalue weighted by Crippen LogP contribution is -2.17. The molecule has 38 heavy (non-hydrogen) atoms. The minimum Gasteiger partial charge on any atom is -0.334 e. The van der Waals surface area contributed by atoms with E-state index >= 15 is 4.39 Å². The minimum absolute atomic E-state index is 0.0398. The number of hydrogen-bond donors (Lipinski definition) is 2. The number of aromatic nitrogens is 2. The molecule has 1 aliphatic carbocycles. The van der Waals surface area contributed by atoms with Crippen LogP contribution in [0.25, 0.3) is 11.5 Å². The van der Waals surface area contributed by atoms with Crippen molar-refractivity contribution in [2.24, 2.45) is 0 Å². The van der Waals surface area contributed by atoms with Gasteiger partial charge in [0.1, 0.15) is 5.82 Å². The van der Waals surface area contributed by atoms with Crippen LogP contribution in [-0.2, 0) is 27.7 Å². The highest BCUT2D eigenvalue weighted by Gasteiger charge is 2.53. The van der Waals surface area contributed by atoms with Gasteiger partial charge in [-0.05, 0) is 67.3 Å². The number of anilines is 1. The van der Waals surface area contributed by atoms with E-state index in [0.717, 1.165) is 0 Å². The topological polar surface area (TPSA) is 105 Å². The highest BCUT2D eigenvalue weighted by atomic mass is 35.5. The van der Waals surface area contributed by atoms with E-state index in [1.165, 1.54) is 12.1 Å². The Kier molecular flexibility index (Phi) is 7.37. The summed E-state index contributed by atoms with van der Waals surface area (Å²) in [4.78, 5) is 17.1. The SMILES string of the molecule is CC(c1ccc(CC(=O)Nc2cc(F)c(C3(c4noc(-c5ccc(Cl)cc5)n4)CC3)c(Cl)c2)cc1)S(=O)O. The number of carbonyl (C=O) groups excluding carboxylic acids is 1. The molecule has 1 amide bonds. The van der Waals surface area contributed by atoms with Crippen molar-refractivity contribution < 1.29 is 22.5 Å². The van der Waals surface area contributed by atoms with Crippen LogP contribution in [0.15, 0.2) is 65.2 Å². The average molecular weight is 574 g/mol. The molecular weight excluding hydrogens is 552 g/mol. The van der Waals surface area contributed by atoms with E-state index in [1.807, 2.05) is 0 Å². The number of carbonyl (C=O) groups is 1. The molecule has 1 aliphatic rings. The van der Waals surface area contributed by atoms with Crippen molar-refractivity contribution in [1.82, 2.24) is 10.1 Å². The van der Waals surface area contributed by atoms with Crippen LogP contribution < -0.4 is 5.32 Å². The Labute approximate surface area is 230 Å². The smallest absolute Gasteiger partial charge is 0.257 e. The zero-order valence-corrected chi connectivity index (χ0v) is 22.4. The van der Waals surface area contributed by atoms with Gasteiger partial charge in [0.25, 0.3) is 5.89 Å². The van der Waals surface area contributed by atoms with Gasteiger partial charge in [0.2, 0.25) is 5.91 Å². The molecule has 2 N–H and O–H groups in total. The second-order valence-electron chi connectivity index (χ2n) is 9.21. The van der Waals surface area contributed by atoms with Gasteiger partial charge >= 0.3 is 0 Å². The zero-order valence-electron chi connectivity index (χ0n) is 20.1. The molecule has 7 nitrogen and oxygen atoms in total. The van der Waals surface area contributed by atoms with Crippen molar-refractivity contribution in [2.75, 3.05) is 5.32 Å². The van der Waals surface area contributed by atoms with Gasteiger partial charge in [-0.2, -0.15) is 4.98 Å². The van der Waals surface area contributed by atoms with Gasteiger partial charge in [-0.3, -0.25) is 4.79 Å². The van der Waals surface area contributed by atoms with E-state index in [4.69, 9.17) is 27.7 Å². The van der Waals surface area contributed by atoms with Crippen molar-refractivity contribution in [3.05, 3.63) is 99.0 Å². The van der Waals surface area contributed by atoms with Crippen LogP contribution in [0, 0.1) is 5.82 Å². The molecule has 0 aliphatic heterocycles. The van der Waals surface area contributed by atoms with E-state index in [1.54, 1.807) is 55.5 Å². The maximum atomic E-state index is 15.4. The quantitative estimate of drug-likeness (QED) is 0.226. The van der Waals surface area contributed by atoms with Crippen LogP contribution in [0.1, 0.15) is 47.5 Å². The first kappa shape index (κ1) is 26.5. The van der Waals surface area contributed by atoms with Gasteiger partial charge < -0.3 is 14.4 Å². The summed E-state index contributed by atoms with van der Waals surface area (Å²) in [6, 6.07) is 16.5. The van der Waals surface area contributed by atoms with E-state index in [9.17, 15) is 13.6 Å². The number of amides is 1. The van der Waals surface area contributed by atoms with E-state index in [-0.39, 0.29) is 28.6 Å². The lowest BCUT2D eigenvalue weighted by atomic mass is 9.94. The molecule has 0 radical (unpaired) electrons. The second kappa shape index (κ2) is 10.6. The summed E-state index contributed by atoms with van der Waals surface area (Å²) < 4.78 is 41.3. The van der Waals surface area contributed by atoms with Gasteiger partial charge in [0.05, 0.1) is 17.1 Å². The number of hydrogen-bond acceptors (Lipinski definition) is 5. The van der Waals surface area contributed by atoms with Gasteiger partial charge in [-0.1, -0.05) is 52.6 Å². The normalized spacial score (nSPS) is 15.6. The maximum absolute atomic E-state index is 15.4. The van der Waals surface area contributed by atoms with Crippen LogP contribution in [-0.4, -0.2) is 24.8 Å². The Balaban J connectivity index is 1.31. The lowest BCUT2D eigenvalue weighted by molar-refractivity contribution is -0.115. The number of nitrogens with one attached hydrogen (secondary N) is 1. The largest absolute Gasteiger partial charge is 0.334 e. The number of nitrogens with zero attached hydrogens (tertiary/aromatic N) is 2. The van der Waals surface area contributed by atoms with Crippen molar-refractivity contribution >= 4 is 45.9 Å². The monoisotopic (exact) mass is 573 g/mol. The molecule has 2 atom stereocenters. The van der Waals surface area contributed by atoms with Crippen molar-refractivity contribution in [2.45, 2.75) is 36.9 Å². The lowest BCUT2D eigenvalue weighted by Gasteiger charge is -2.16. The average Bonchev–Trinajstić information content (AvgIpc) is 3.50. The Bertz CT molecular complexity index is 1500. The molecule has 4 aromatic rings. The summed E-state index contributed by atoms with van der Waals surface area (Å²) in [7, 11) is 0. The molecule has 1 saturated carbocycles. The zero-order chi connectivity index (χ0) is 27.0. The van der Waals surface area contributed by atoms with Crippen molar-refractivity contribution in [1.29, 1.82) is 0 Å². The highest BCUT2D eigenvalue weighted by Crippen LogP contribution is 2.55. The molecular formula is C27H22Cl2FN3O4S. The fourth-order valence-corrected chi connectivity index (χ4v) is 5.26. The van der Waals surface area contributed by atoms with Gasteiger partial charge in [0, 0.05) is 26.9 Å². The Morgan fingerprint density at radius 2 is 1.84 bits per heavy atom. The van der Waals surface area contributed by atoms with Crippen LogP contribution in [0.2, 0.25) is 10.0 Å². The molecule has 0 bridgehead atoms. The summed E-state index contributed by atoms with van der Waals surface area (Å²) in [6.07, 6.45) is 1.25. The second-order valence-corrected chi connectivity index (χ2v) is 11.3. The molecule has 5 rings (SSSR count). The van der Waals surface area contributed by atoms with E-state index < -0.39 is 27.6 Å². The third-order valence-corrected chi connectivity index (χ3v) is 8.04. The van der Waals surface area contributed by atoms with Gasteiger partial charge in [-0.25, -0.2) is 8.60 Å². The van der Waals surface area contributed by atoms with Gasteiger partial charge in [-0.15, -0.1) is 0 Å². The highest BCUT2D eigenvalue weighted by molar-refractivity contribution is 7.79. The molecule has 0 saturated heterocycles. The summed E-state index contributed by atoms with van der Waals surface area (Å²) in [5.41, 5.74) is 1.79. The molecule has 3 aromatic carbocycles. The third kappa shape index (κ3) is 5.37. The minimum atomic E-state index is -1.98. The standard InChI is InChI=1S/C27H22Cl2FN3O4S/c1-15(38(35)36)17-4-2-16(3-5-17)12-23(34)31-20-13-21(29)24(22(30)14-20)27(10-11-27)26-32-25(37-33-26)18-6-8-19(28)9-7-18/h2-9,13-15H,10-12H2,1H3,(H,31,34)(H,35,36). The maximum Gasteiger partial charge on any atom is 0.257 e. The third-order valence-electron chi connectivity index (χ3n) is 6.62. The van der Waals surface area contributed by atoms with Crippen LogP contribution >= 0.6 is 23.2 Å². The molecule has 1 heterocycles. The summed E-state index contributed by atoms with van der Waals surface area (Å²) in [5, 5.41) is 7.00. The van der Waals surface area contributed by atoms with Crippen LogP contribution in [0.4, 0.5) is 10.1 Å². The van der Waals surface area contributed by atoms with Gasteiger partial charge in [0.15, 0.2) is 16.9 Å².